The average Bonchev–Trinajstić information content (AvgIpc) is 2.04. The van der Waals surface area contributed by atoms with Crippen LogP contribution in [0, 0.1) is 0 Å². The van der Waals surface area contributed by atoms with Gasteiger partial charge in [0.2, 0.25) is 0 Å². The van der Waals surface area contributed by atoms with E-state index in [1.165, 1.54) is 0 Å². The average molecular weight is 224 g/mol. The number of rotatable bonds is 0. The van der Waals surface area contributed by atoms with E-state index in [1.807, 2.05) is 0 Å². The van der Waals surface area contributed by atoms with Crippen LogP contribution >= 0.6 is 0 Å². The van der Waals surface area contributed by atoms with Crippen LogP contribution < -0.4 is 0 Å². The molecular formula is C7H12O6S. The van der Waals surface area contributed by atoms with Crippen molar-refractivity contribution >= 4 is 10.4 Å². The molecule has 7 heteroatoms. The lowest BCUT2D eigenvalue weighted by Crippen LogP contribution is -2.54. The highest BCUT2D eigenvalue weighted by molar-refractivity contribution is 7.81. The Bertz CT molecular complexity index is 321. The van der Waals surface area contributed by atoms with Gasteiger partial charge in [-0.05, 0) is 13.8 Å². The Balaban J connectivity index is 2.09. The first-order valence-corrected chi connectivity index (χ1v) is 5.61. The molecular weight excluding hydrogens is 212 g/mol. The van der Waals surface area contributed by atoms with E-state index in [0.717, 1.165) is 0 Å². The summed E-state index contributed by atoms with van der Waals surface area (Å²) >= 11 is 0. The quantitative estimate of drug-likeness (QED) is 0.567. The maximum Gasteiger partial charge on any atom is 0.400 e. The number of hydrogen-bond acceptors (Lipinski definition) is 6. The number of fused-ring (bicyclic) bond motifs is 1. The Hall–Kier alpha value is -0.210. The predicted octanol–water partition coefficient (Wildman–Crippen LogP) is -0.202. The zero-order chi connectivity index (χ0) is 10.4. The van der Waals surface area contributed by atoms with E-state index >= 15 is 0 Å². The minimum atomic E-state index is -3.85. The molecule has 14 heavy (non-hydrogen) atoms. The molecule has 82 valence electrons. The first kappa shape index (κ1) is 10.3. The van der Waals surface area contributed by atoms with Crippen molar-refractivity contribution in [3.05, 3.63) is 0 Å². The summed E-state index contributed by atoms with van der Waals surface area (Å²) in [4.78, 5) is 0. The van der Waals surface area contributed by atoms with Gasteiger partial charge in [-0.2, -0.15) is 8.42 Å². The molecule has 2 aliphatic heterocycles. The van der Waals surface area contributed by atoms with Crippen LogP contribution in [0.2, 0.25) is 0 Å². The fourth-order valence-corrected chi connectivity index (χ4v) is 2.26. The van der Waals surface area contributed by atoms with Crippen molar-refractivity contribution < 1.29 is 26.3 Å². The fourth-order valence-electron chi connectivity index (χ4n) is 1.43. The van der Waals surface area contributed by atoms with Crippen LogP contribution in [0.4, 0.5) is 0 Å². The van der Waals surface area contributed by atoms with Gasteiger partial charge in [-0.1, -0.05) is 0 Å². The number of hydrogen-bond donors (Lipinski definition) is 0. The predicted molar refractivity (Wildman–Crippen MR) is 44.6 cm³/mol. The highest BCUT2D eigenvalue weighted by Gasteiger charge is 2.43. The van der Waals surface area contributed by atoms with Crippen molar-refractivity contribution in [2.45, 2.75) is 31.8 Å². The minimum absolute atomic E-state index is 0.0141. The van der Waals surface area contributed by atoms with Gasteiger partial charge >= 0.3 is 10.4 Å². The molecule has 2 atom stereocenters. The molecule has 0 spiro atoms. The molecule has 0 radical (unpaired) electrons. The Kier molecular flexibility index (Phi) is 2.31. The van der Waals surface area contributed by atoms with Gasteiger partial charge in [0.25, 0.3) is 0 Å². The van der Waals surface area contributed by atoms with Crippen LogP contribution in [0.5, 0.6) is 0 Å². The van der Waals surface area contributed by atoms with Gasteiger partial charge in [0.15, 0.2) is 5.79 Å². The summed E-state index contributed by atoms with van der Waals surface area (Å²) < 4.78 is 41.7. The summed E-state index contributed by atoms with van der Waals surface area (Å²) in [6, 6.07) is 0. The molecule has 2 fully saturated rings. The van der Waals surface area contributed by atoms with Crippen LogP contribution in [0.3, 0.4) is 0 Å². The van der Waals surface area contributed by atoms with Gasteiger partial charge in [-0.3, -0.25) is 0 Å². The number of ether oxygens (including phenoxy) is 2. The molecule has 2 aliphatic rings. The third-order valence-electron chi connectivity index (χ3n) is 2.06. The van der Waals surface area contributed by atoms with Gasteiger partial charge in [0.1, 0.15) is 12.2 Å². The van der Waals surface area contributed by atoms with Crippen LogP contribution in [0.1, 0.15) is 13.8 Å². The third kappa shape index (κ3) is 2.06. The van der Waals surface area contributed by atoms with Crippen molar-refractivity contribution in [3.8, 4) is 0 Å². The highest BCUT2D eigenvalue weighted by Crippen LogP contribution is 2.28. The Morgan fingerprint density at radius 2 is 1.93 bits per heavy atom. The molecule has 6 nitrogen and oxygen atoms in total. The Labute approximate surface area is 82.4 Å². The lowest BCUT2D eigenvalue weighted by molar-refractivity contribution is -0.309. The highest BCUT2D eigenvalue weighted by atomic mass is 32.3. The van der Waals surface area contributed by atoms with Crippen molar-refractivity contribution in [1.29, 1.82) is 0 Å². The molecule has 0 bridgehead atoms. The van der Waals surface area contributed by atoms with Crippen LogP contribution in [-0.4, -0.2) is 39.6 Å². The smallest absolute Gasteiger partial charge is 0.348 e. The maximum atomic E-state index is 10.9. The second-order valence-electron chi connectivity index (χ2n) is 3.69. The molecule has 2 saturated heterocycles. The van der Waals surface area contributed by atoms with Crippen LogP contribution in [-0.2, 0) is 28.2 Å². The maximum absolute atomic E-state index is 10.9. The van der Waals surface area contributed by atoms with Gasteiger partial charge in [-0.15, -0.1) is 0 Å². The Morgan fingerprint density at radius 3 is 2.64 bits per heavy atom. The molecule has 0 aromatic rings. The van der Waals surface area contributed by atoms with Gasteiger partial charge < -0.3 is 9.47 Å². The van der Waals surface area contributed by atoms with Crippen LogP contribution in [0.25, 0.3) is 0 Å². The Morgan fingerprint density at radius 1 is 1.21 bits per heavy atom. The molecule has 0 amide bonds. The zero-order valence-electron chi connectivity index (χ0n) is 7.93. The van der Waals surface area contributed by atoms with E-state index in [1.54, 1.807) is 13.8 Å². The minimum Gasteiger partial charge on any atom is -0.348 e. The normalized spacial score (nSPS) is 40.1. The summed E-state index contributed by atoms with van der Waals surface area (Å²) in [5, 5.41) is 0. The summed E-state index contributed by atoms with van der Waals surface area (Å²) in [6.45, 7) is 3.69. The van der Waals surface area contributed by atoms with E-state index in [4.69, 9.17) is 9.47 Å². The van der Waals surface area contributed by atoms with E-state index in [0.29, 0.717) is 0 Å². The lowest BCUT2D eigenvalue weighted by Gasteiger charge is -2.41. The van der Waals surface area contributed by atoms with Crippen molar-refractivity contribution in [3.63, 3.8) is 0 Å². The van der Waals surface area contributed by atoms with Crippen molar-refractivity contribution in [1.82, 2.24) is 0 Å². The molecule has 0 N–H and O–H groups in total. The molecule has 0 saturated carbocycles. The van der Waals surface area contributed by atoms with Crippen molar-refractivity contribution in [2.24, 2.45) is 0 Å². The lowest BCUT2D eigenvalue weighted by atomic mass is 10.2. The summed E-state index contributed by atoms with van der Waals surface area (Å²) in [7, 11) is -3.85. The van der Waals surface area contributed by atoms with E-state index in [2.05, 4.69) is 8.37 Å². The standard InChI is InChI=1S/C7H12O6S/c1-7(2)10-3-6-5(12-7)4-11-14(8,9)13-6/h5-6H,3-4H2,1-2H3/t5-,6-/m0/s1. The third-order valence-corrected chi connectivity index (χ3v) is 2.97. The summed E-state index contributed by atoms with van der Waals surface area (Å²) in [6.07, 6.45) is -0.982. The fraction of sp³-hybridized carbons (Fsp3) is 1.00. The van der Waals surface area contributed by atoms with Gasteiger partial charge in [0, 0.05) is 0 Å². The monoisotopic (exact) mass is 224 g/mol. The second-order valence-corrected chi connectivity index (χ2v) is 4.94. The van der Waals surface area contributed by atoms with E-state index in [-0.39, 0.29) is 19.3 Å². The van der Waals surface area contributed by atoms with Gasteiger partial charge in [0.05, 0.1) is 13.2 Å². The van der Waals surface area contributed by atoms with Crippen molar-refractivity contribution in [2.75, 3.05) is 13.2 Å². The summed E-state index contributed by atoms with van der Waals surface area (Å²) in [5.74, 6) is -0.713. The molecule has 0 unspecified atom stereocenters. The molecule has 0 aromatic heterocycles. The van der Waals surface area contributed by atoms with E-state index < -0.39 is 22.3 Å². The largest absolute Gasteiger partial charge is 0.400 e. The SMILES string of the molecule is CC1(C)OC[C@@H]2OS(=O)(=O)OC[C@@H]2O1. The topological polar surface area (TPSA) is 71.1 Å². The first-order chi connectivity index (χ1) is 6.38. The molecule has 2 heterocycles. The van der Waals surface area contributed by atoms with E-state index in [9.17, 15) is 8.42 Å². The molecule has 2 rings (SSSR count). The van der Waals surface area contributed by atoms with Gasteiger partial charge in [-0.25, -0.2) is 8.37 Å². The van der Waals surface area contributed by atoms with Crippen LogP contribution in [0.15, 0.2) is 0 Å². The second kappa shape index (κ2) is 3.14. The molecule has 0 aliphatic carbocycles. The summed E-state index contributed by atoms with van der Waals surface area (Å²) in [5.41, 5.74) is 0. The first-order valence-electron chi connectivity index (χ1n) is 4.27. The molecule has 0 aromatic carbocycles. The zero-order valence-corrected chi connectivity index (χ0v) is 8.74.